The minimum atomic E-state index is -0.438. The molecule has 4 aliphatic rings. The Morgan fingerprint density at radius 3 is 2.69 bits per heavy atom. The Morgan fingerprint density at radius 1 is 1.25 bits per heavy atom. The lowest BCUT2D eigenvalue weighted by molar-refractivity contribution is -0.551. The lowest BCUT2D eigenvalue weighted by atomic mass is 9.59. The molecule has 3 bridgehead atoms. The largest absolute Gasteiger partial charge is 0.264 e. The first-order chi connectivity index (χ1) is 7.68. The van der Waals surface area contributed by atoms with Gasteiger partial charge in [-0.25, -0.2) is 0 Å². The van der Waals surface area contributed by atoms with Crippen LogP contribution >= 0.6 is 0 Å². The minimum absolute atomic E-state index is 0.113. The second-order valence-electron chi connectivity index (χ2n) is 6.64. The highest BCUT2D eigenvalue weighted by Gasteiger charge is 2.82. The van der Waals surface area contributed by atoms with Crippen LogP contribution in [0.15, 0.2) is 0 Å². The second kappa shape index (κ2) is 2.62. The van der Waals surface area contributed by atoms with Crippen LogP contribution in [0.3, 0.4) is 0 Å². The van der Waals surface area contributed by atoms with E-state index in [9.17, 15) is 10.1 Å². The van der Waals surface area contributed by atoms with E-state index in [0.717, 1.165) is 24.2 Å². The molecule has 3 nitrogen and oxygen atoms in total. The maximum atomic E-state index is 11.4. The number of nitro groups is 1. The van der Waals surface area contributed by atoms with E-state index in [2.05, 4.69) is 6.92 Å². The Kier molecular flexibility index (Phi) is 1.55. The van der Waals surface area contributed by atoms with Crippen LogP contribution in [0.5, 0.6) is 0 Å². The molecule has 0 spiro atoms. The number of rotatable bonds is 2. The summed E-state index contributed by atoms with van der Waals surface area (Å²) in [5.74, 6) is 3.99. The third-order valence-corrected chi connectivity index (χ3v) is 6.43. The lowest BCUT2D eigenvalue weighted by Gasteiger charge is -2.45. The highest BCUT2D eigenvalue weighted by Crippen LogP contribution is 2.74. The topological polar surface area (TPSA) is 43.1 Å². The highest BCUT2D eigenvalue weighted by molar-refractivity contribution is 5.23. The van der Waals surface area contributed by atoms with Crippen LogP contribution in [-0.2, 0) is 0 Å². The van der Waals surface area contributed by atoms with E-state index < -0.39 is 5.54 Å². The molecule has 88 valence electrons. The Morgan fingerprint density at radius 2 is 2.00 bits per heavy atom. The van der Waals surface area contributed by atoms with Crippen molar-refractivity contribution >= 4 is 0 Å². The third-order valence-electron chi connectivity index (χ3n) is 6.43. The fraction of sp³-hybridized carbons (Fsp3) is 1.00. The van der Waals surface area contributed by atoms with Crippen molar-refractivity contribution in [1.82, 2.24) is 0 Å². The number of hydrogen-bond acceptors (Lipinski definition) is 2. The van der Waals surface area contributed by atoms with Crippen molar-refractivity contribution in [3.8, 4) is 0 Å². The highest BCUT2D eigenvalue weighted by atomic mass is 16.6. The molecule has 0 amide bonds. The second-order valence-corrected chi connectivity index (χ2v) is 6.64. The maximum Gasteiger partial charge on any atom is 0.229 e. The van der Waals surface area contributed by atoms with Crippen LogP contribution in [0, 0.1) is 45.6 Å². The van der Waals surface area contributed by atoms with Gasteiger partial charge in [0.05, 0.1) is 0 Å². The zero-order chi connectivity index (χ0) is 11.1. The van der Waals surface area contributed by atoms with Crippen molar-refractivity contribution in [1.29, 1.82) is 0 Å². The van der Waals surface area contributed by atoms with Gasteiger partial charge in [-0.15, -0.1) is 0 Å². The fourth-order valence-corrected chi connectivity index (χ4v) is 6.06. The van der Waals surface area contributed by atoms with Gasteiger partial charge in [0.1, 0.15) is 0 Å². The van der Waals surface area contributed by atoms with Crippen LogP contribution in [0.4, 0.5) is 0 Å². The summed E-state index contributed by atoms with van der Waals surface area (Å²) in [5, 5.41) is 11.4. The molecule has 16 heavy (non-hydrogen) atoms. The molecule has 3 heteroatoms. The van der Waals surface area contributed by atoms with Crippen molar-refractivity contribution in [3.05, 3.63) is 10.1 Å². The first-order valence-electron chi connectivity index (χ1n) is 6.83. The van der Waals surface area contributed by atoms with E-state index in [1.165, 1.54) is 25.7 Å². The van der Waals surface area contributed by atoms with Crippen LogP contribution < -0.4 is 0 Å². The van der Waals surface area contributed by atoms with Gasteiger partial charge in [0.15, 0.2) is 0 Å². The smallest absolute Gasteiger partial charge is 0.229 e. The summed E-state index contributed by atoms with van der Waals surface area (Å²) in [6.45, 7) is 2.28. The van der Waals surface area contributed by atoms with Crippen LogP contribution in [-0.4, -0.2) is 10.5 Å². The van der Waals surface area contributed by atoms with Gasteiger partial charge in [0.2, 0.25) is 5.54 Å². The molecule has 4 aliphatic carbocycles. The zero-order valence-electron chi connectivity index (χ0n) is 9.76. The molecule has 4 rings (SSSR count). The standard InChI is InChI=1S/C13H19NO2/c1-2-10-7-3-8-4-9(10)6-13(14(15)16)11(5-7)12(8)13/h7-12H,2-6H2,1H3/t7?,8?,9-,10?,11?,12?,13?/m1/s1. The molecule has 4 fully saturated rings. The Labute approximate surface area is 95.7 Å². The van der Waals surface area contributed by atoms with Crippen molar-refractivity contribution in [3.63, 3.8) is 0 Å². The van der Waals surface area contributed by atoms with Crippen molar-refractivity contribution in [2.45, 2.75) is 44.6 Å². The third kappa shape index (κ3) is 0.811. The number of fused-ring (bicyclic) bond motifs is 3. The molecule has 0 heterocycles. The quantitative estimate of drug-likeness (QED) is 0.531. The van der Waals surface area contributed by atoms with Gasteiger partial charge in [-0.2, -0.15) is 0 Å². The summed E-state index contributed by atoms with van der Waals surface area (Å²) in [7, 11) is 0. The Hall–Kier alpha value is -0.600. The Balaban J connectivity index is 1.77. The molecule has 0 aromatic carbocycles. The predicted molar refractivity (Wildman–Crippen MR) is 59.4 cm³/mol. The zero-order valence-corrected chi connectivity index (χ0v) is 9.76. The van der Waals surface area contributed by atoms with E-state index in [1.807, 2.05) is 0 Å². The first-order valence-corrected chi connectivity index (χ1v) is 6.83. The minimum Gasteiger partial charge on any atom is -0.264 e. The summed E-state index contributed by atoms with van der Waals surface area (Å²) >= 11 is 0. The van der Waals surface area contributed by atoms with Crippen molar-refractivity contribution in [2.75, 3.05) is 0 Å². The summed E-state index contributed by atoms with van der Waals surface area (Å²) in [5.41, 5.74) is -0.438. The molecule has 0 aromatic rings. The monoisotopic (exact) mass is 221 g/mol. The lowest BCUT2D eigenvalue weighted by Crippen LogP contribution is -2.42. The van der Waals surface area contributed by atoms with Gasteiger partial charge < -0.3 is 0 Å². The molecule has 0 radical (unpaired) electrons. The molecule has 6 unspecified atom stereocenters. The number of nitrogens with zero attached hydrogens (tertiary/aromatic N) is 1. The van der Waals surface area contributed by atoms with E-state index in [0.29, 0.717) is 17.8 Å². The van der Waals surface area contributed by atoms with Crippen LogP contribution in [0.2, 0.25) is 0 Å². The first kappa shape index (κ1) is 9.43. The van der Waals surface area contributed by atoms with E-state index in [1.54, 1.807) is 0 Å². The summed E-state index contributed by atoms with van der Waals surface area (Å²) in [6.07, 6.45) is 5.96. The maximum absolute atomic E-state index is 11.4. The average Bonchev–Trinajstić information content (AvgIpc) is 2.90. The van der Waals surface area contributed by atoms with Gasteiger partial charge in [-0.1, -0.05) is 13.3 Å². The summed E-state index contributed by atoms with van der Waals surface area (Å²) < 4.78 is 0. The molecule has 0 N–H and O–H groups in total. The normalized spacial score (nSPS) is 60.8. The van der Waals surface area contributed by atoms with E-state index >= 15 is 0 Å². The molecule has 4 saturated carbocycles. The fourth-order valence-electron chi connectivity index (χ4n) is 6.06. The van der Waals surface area contributed by atoms with Gasteiger partial charge in [0.25, 0.3) is 0 Å². The summed E-state index contributed by atoms with van der Waals surface area (Å²) in [6, 6.07) is 0. The molecular formula is C13H19NO2. The predicted octanol–water partition coefficient (Wildman–Crippen LogP) is 2.72. The van der Waals surface area contributed by atoms with Crippen molar-refractivity contribution < 1.29 is 4.92 Å². The molecule has 7 atom stereocenters. The number of hydrogen-bond donors (Lipinski definition) is 0. The van der Waals surface area contributed by atoms with Crippen LogP contribution in [0.1, 0.15) is 39.0 Å². The van der Waals surface area contributed by atoms with E-state index in [4.69, 9.17) is 0 Å². The summed E-state index contributed by atoms with van der Waals surface area (Å²) in [4.78, 5) is 11.5. The van der Waals surface area contributed by atoms with Gasteiger partial charge in [-0.05, 0) is 42.9 Å². The van der Waals surface area contributed by atoms with Gasteiger partial charge in [-0.3, -0.25) is 10.1 Å². The molecule has 0 saturated heterocycles. The average molecular weight is 221 g/mol. The molecule has 0 aliphatic heterocycles. The molecular weight excluding hydrogens is 202 g/mol. The molecule has 0 aromatic heterocycles. The Bertz CT molecular complexity index is 367. The van der Waals surface area contributed by atoms with Crippen molar-refractivity contribution in [2.24, 2.45) is 35.5 Å². The SMILES string of the molecule is CCC1C2CC3C[C@@H]1CC1([N+](=O)[O-])C(C2)C31. The van der Waals surface area contributed by atoms with Crippen LogP contribution in [0.25, 0.3) is 0 Å². The van der Waals surface area contributed by atoms with Gasteiger partial charge >= 0.3 is 0 Å². The van der Waals surface area contributed by atoms with E-state index in [-0.39, 0.29) is 4.92 Å². The van der Waals surface area contributed by atoms with Gasteiger partial charge in [0, 0.05) is 23.2 Å².